The van der Waals surface area contributed by atoms with Crippen molar-refractivity contribution in [1.82, 2.24) is 5.32 Å². The molecule has 0 heterocycles. The highest BCUT2D eigenvalue weighted by atomic mass is 16.6. The molecule has 0 spiro atoms. The van der Waals surface area contributed by atoms with Crippen molar-refractivity contribution in [2.75, 3.05) is 6.61 Å². The van der Waals surface area contributed by atoms with E-state index >= 15 is 0 Å². The first-order chi connectivity index (χ1) is 14.1. The third kappa shape index (κ3) is 5.94. The Hall–Kier alpha value is -3.60. The highest BCUT2D eigenvalue weighted by molar-refractivity contribution is 5.82. The van der Waals surface area contributed by atoms with Crippen molar-refractivity contribution in [3.05, 3.63) is 102 Å². The van der Waals surface area contributed by atoms with Gasteiger partial charge in [0, 0.05) is 0 Å². The van der Waals surface area contributed by atoms with Gasteiger partial charge < -0.3 is 14.8 Å². The summed E-state index contributed by atoms with van der Waals surface area (Å²) in [7, 11) is 0. The second kappa shape index (κ2) is 10.1. The normalized spacial score (nSPS) is 11.5. The molecular formula is C24H23NO4. The molecule has 3 aromatic carbocycles. The van der Waals surface area contributed by atoms with Gasteiger partial charge in [-0.05, 0) is 30.2 Å². The lowest BCUT2D eigenvalue weighted by molar-refractivity contribution is -0.154. The topological polar surface area (TPSA) is 64.6 Å². The van der Waals surface area contributed by atoms with Crippen LogP contribution in [0, 0.1) is 0 Å². The molecule has 5 heteroatoms. The first-order valence-corrected chi connectivity index (χ1v) is 9.41. The van der Waals surface area contributed by atoms with Crippen LogP contribution in [0.25, 0.3) is 0 Å². The molecule has 0 saturated heterocycles. The van der Waals surface area contributed by atoms with Crippen LogP contribution in [0.1, 0.15) is 24.1 Å². The zero-order valence-corrected chi connectivity index (χ0v) is 16.2. The molecule has 3 aromatic rings. The molecule has 0 bridgehead atoms. The van der Waals surface area contributed by atoms with Crippen molar-refractivity contribution in [1.29, 1.82) is 0 Å². The van der Waals surface area contributed by atoms with Crippen LogP contribution in [0.15, 0.2) is 91.0 Å². The fourth-order valence-corrected chi connectivity index (χ4v) is 2.86. The number of para-hydroxylation sites is 1. The van der Waals surface area contributed by atoms with Gasteiger partial charge in [-0.15, -0.1) is 0 Å². The average molecular weight is 389 g/mol. The van der Waals surface area contributed by atoms with Crippen LogP contribution >= 0.6 is 0 Å². The van der Waals surface area contributed by atoms with E-state index in [4.69, 9.17) is 9.47 Å². The second-order valence-electron chi connectivity index (χ2n) is 6.50. The number of rotatable bonds is 8. The molecule has 1 atom stereocenters. The number of hydrogen-bond acceptors (Lipinski definition) is 4. The van der Waals surface area contributed by atoms with Gasteiger partial charge in [0.2, 0.25) is 0 Å². The Morgan fingerprint density at radius 2 is 1.28 bits per heavy atom. The summed E-state index contributed by atoms with van der Waals surface area (Å²) in [6, 6.07) is 27.9. The number of carbonyl (C=O) groups excluding carboxylic acids is 2. The SMILES string of the molecule is C[C@@H](Oc1ccccc1)C(=O)OCC(=O)NC(c1ccccc1)c1ccccc1. The van der Waals surface area contributed by atoms with E-state index < -0.39 is 12.1 Å². The van der Waals surface area contributed by atoms with E-state index in [1.807, 2.05) is 78.9 Å². The molecule has 1 amide bonds. The van der Waals surface area contributed by atoms with Crippen molar-refractivity contribution in [3.8, 4) is 5.75 Å². The van der Waals surface area contributed by atoms with Gasteiger partial charge in [-0.3, -0.25) is 4.79 Å². The summed E-state index contributed by atoms with van der Waals surface area (Å²) in [6.45, 7) is 1.21. The fourth-order valence-electron chi connectivity index (χ4n) is 2.86. The van der Waals surface area contributed by atoms with E-state index in [9.17, 15) is 9.59 Å². The van der Waals surface area contributed by atoms with Crippen LogP contribution in [-0.2, 0) is 14.3 Å². The van der Waals surface area contributed by atoms with E-state index in [0.717, 1.165) is 11.1 Å². The predicted molar refractivity (Wildman–Crippen MR) is 110 cm³/mol. The maximum atomic E-state index is 12.5. The quantitative estimate of drug-likeness (QED) is 0.594. The van der Waals surface area contributed by atoms with Crippen LogP contribution in [0.5, 0.6) is 5.75 Å². The maximum Gasteiger partial charge on any atom is 0.347 e. The first-order valence-electron chi connectivity index (χ1n) is 9.41. The molecule has 1 N–H and O–H groups in total. The molecule has 148 valence electrons. The van der Waals surface area contributed by atoms with Crippen molar-refractivity contribution in [2.24, 2.45) is 0 Å². The lowest BCUT2D eigenvalue weighted by Crippen LogP contribution is -2.35. The minimum atomic E-state index is -0.816. The summed E-state index contributed by atoms with van der Waals surface area (Å²) in [4.78, 5) is 24.6. The van der Waals surface area contributed by atoms with Crippen LogP contribution < -0.4 is 10.1 Å². The van der Waals surface area contributed by atoms with E-state index in [1.165, 1.54) is 0 Å². The molecular weight excluding hydrogens is 366 g/mol. The summed E-state index contributed by atoms with van der Waals surface area (Å²) in [5, 5.41) is 2.94. The van der Waals surface area contributed by atoms with Crippen molar-refractivity contribution in [3.63, 3.8) is 0 Å². The first kappa shape index (κ1) is 20.1. The van der Waals surface area contributed by atoms with E-state index in [2.05, 4.69) is 5.32 Å². The van der Waals surface area contributed by atoms with E-state index in [-0.39, 0.29) is 18.6 Å². The number of ether oxygens (including phenoxy) is 2. The molecule has 29 heavy (non-hydrogen) atoms. The highest BCUT2D eigenvalue weighted by Crippen LogP contribution is 2.21. The Labute approximate surface area is 170 Å². The molecule has 0 fully saturated rings. The third-order valence-corrected chi connectivity index (χ3v) is 4.30. The molecule has 0 aliphatic carbocycles. The number of nitrogens with one attached hydrogen (secondary N) is 1. The lowest BCUT2D eigenvalue weighted by atomic mass is 9.99. The van der Waals surface area contributed by atoms with Crippen LogP contribution in [0.4, 0.5) is 0 Å². The number of amides is 1. The molecule has 3 rings (SSSR count). The Balaban J connectivity index is 1.58. The van der Waals surface area contributed by atoms with Gasteiger partial charge in [0.1, 0.15) is 5.75 Å². The monoisotopic (exact) mass is 389 g/mol. The largest absolute Gasteiger partial charge is 0.479 e. The van der Waals surface area contributed by atoms with Crippen LogP contribution in [0.2, 0.25) is 0 Å². The van der Waals surface area contributed by atoms with Gasteiger partial charge in [0.05, 0.1) is 6.04 Å². The predicted octanol–water partition coefficient (Wildman–Crippen LogP) is 3.90. The van der Waals surface area contributed by atoms with Gasteiger partial charge in [-0.25, -0.2) is 4.79 Å². The average Bonchev–Trinajstić information content (AvgIpc) is 2.77. The smallest absolute Gasteiger partial charge is 0.347 e. The zero-order valence-electron chi connectivity index (χ0n) is 16.2. The second-order valence-corrected chi connectivity index (χ2v) is 6.50. The third-order valence-electron chi connectivity index (χ3n) is 4.30. The van der Waals surface area contributed by atoms with Gasteiger partial charge in [0.15, 0.2) is 12.7 Å². The van der Waals surface area contributed by atoms with Gasteiger partial charge in [0.25, 0.3) is 5.91 Å². The Bertz CT molecular complexity index is 874. The Morgan fingerprint density at radius 1 is 0.793 bits per heavy atom. The molecule has 0 aromatic heterocycles. The van der Waals surface area contributed by atoms with Gasteiger partial charge >= 0.3 is 5.97 Å². The van der Waals surface area contributed by atoms with Crippen LogP contribution in [-0.4, -0.2) is 24.6 Å². The number of carbonyl (C=O) groups is 2. The van der Waals surface area contributed by atoms with Crippen molar-refractivity contribution < 1.29 is 19.1 Å². The molecule has 0 aliphatic heterocycles. The molecule has 0 saturated carbocycles. The summed E-state index contributed by atoms with van der Waals surface area (Å²) in [5.41, 5.74) is 1.89. The van der Waals surface area contributed by atoms with E-state index in [1.54, 1.807) is 19.1 Å². The minimum Gasteiger partial charge on any atom is -0.479 e. The minimum absolute atomic E-state index is 0.332. The van der Waals surface area contributed by atoms with E-state index in [0.29, 0.717) is 5.75 Å². The maximum absolute atomic E-state index is 12.5. The van der Waals surface area contributed by atoms with Gasteiger partial charge in [-0.2, -0.15) is 0 Å². The fraction of sp³-hybridized carbons (Fsp3) is 0.167. The summed E-state index contributed by atoms with van der Waals surface area (Å²) in [5.74, 6) is -0.419. The standard InChI is InChI=1S/C24H23NO4/c1-18(29-21-15-9-4-10-16-21)24(27)28-17-22(26)25-23(19-11-5-2-6-12-19)20-13-7-3-8-14-20/h2-16,18,23H,17H2,1H3,(H,25,26)/t18-/m1/s1. The molecule has 0 unspecified atom stereocenters. The number of benzene rings is 3. The Kier molecular flexibility index (Phi) is 7.00. The summed E-state index contributed by atoms with van der Waals surface area (Å²) >= 11 is 0. The lowest BCUT2D eigenvalue weighted by Gasteiger charge is -2.20. The summed E-state index contributed by atoms with van der Waals surface area (Å²) in [6.07, 6.45) is -0.816. The van der Waals surface area contributed by atoms with Crippen LogP contribution in [0.3, 0.4) is 0 Å². The summed E-state index contributed by atoms with van der Waals surface area (Å²) < 4.78 is 10.7. The zero-order chi connectivity index (χ0) is 20.5. The number of hydrogen-bond donors (Lipinski definition) is 1. The van der Waals surface area contributed by atoms with Gasteiger partial charge in [-0.1, -0.05) is 78.9 Å². The molecule has 0 aliphatic rings. The number of esters is 1. The van der Waals surface area contributed by atoms with Crippen molar-refractivity contribution in [2.45, 2.75) is 19.1 Å². The van der Waals surface area contributed by atoms with Crippen molar-refractivity contribution >= 4 is 11.9 Å². The molecule has 0 radical (unpaired) electrons. The highest BCUT2D eigenvalue weighted by Gasteiger charge is 2.20. The Morgan fingerprint density at radius 3 is 1.79 bits per heavy atom. The molecule has 5 nitrogen and oxygen atoms in total.